The van der Waals surface area contributed by atoms with Crippen LogP contribution in [0.25, 0.3) is 0 Å². The van der Waals surface area contributed by atoms with Crippen LogP contribution in [0.1, 0.15) is 24.8 Å². The van der Waals surface area contributed by atoms with Gasteiger partial charge in [0.15, 0.2) is 0 Å². The molecule has 3 aromatic carbocycles. The van der Waals surface area contributed by atoms with Gasteiger partial charge < -0.3 is 5.32 Å². The highest BCUT2D eigenvalue weighted by Gasteiger charge is 2.32. The molecule has 0 aromatic heterocycles. The fraction of sp³-hybridized carbons (Fsp3) is 0.296. The molecule has 4 rings (SSSR count). The maximum atomic E-state index is 12.9. The molecule has 1 amide bonds. The van der Waals surface area contributed by atoms with Crippen molar-refractivity contribution in [3.8, 4) is 0 Å². The third kappa shape index (κ3) is 8.18. The first-order chi connectivity index (χ1) is 18.5. The first-order valence-corrected chi connectivity index (χ1v) is 16.3. The van der Waals surface area contributed by atoms with E-state index < -0.39 is 26.0 Å². The first kappa shape index (κ1) is 29.4. The van der Waals surface area contributed by atoms with Gasteiger partial charge in [-0.1, -0.05) is 53.5 Å². The molecule has 0 unspecified atom stereocenters. The minimum atomic E-state index is -3.92. The van der Waals surface area contributed by atoms with Gasteiger partial charge in [-0.2, -0.15) is 0 Å². The van der Waals surface area contributed by atoms with E-state index in [0.717, 1.165) is 5.56 Å². The van der Waals surface area contributed by atoms with Crippen LogP contribution in [-0.4, -0.2) is 45.9 Å². The van der Waals surface area contributed by atoms with E-state index in [1.807, 2.05) is 30.3 Å². The molecule has 12 heteroatoms. The molecule has 1 heterocycles. The third-order valence-electron chi connectivity index (χ3n) is 6.41. The third-order valence-corrected chi connectivity index (χ3v) is 10.2. The van der Waals surface area contributed by atoms with Crippen molar-refractivity contribution >= 4 is 60.5 Å². The number of halogens is 2. The number of amides is 1. The molecule has 1 fully saturated rings. The number of sulfonamides is 2. The second-order valence-electron chi connectivity index (χ2n) is 9.38. The molecule has 0 radical (unpaired) electrons. The van der Waals surface area contributed by atoms with Crippen LogP contribution in [0.4, 0.5) is 11.4 Å². The number of benzene rings is 3. The lowest BCUT2D eigenvalue weighted by molar-refractivity contribution is -0.120. The molecule has 1 atom stereocenters. The Labute approximate surface area is 239 Å². The average molecular weight is 611 g/mol. The smallest absolute Gasteiger partial charge is 0.261 e. The number of hydrogen-bond acceptors (Lipinski definition) is 5. The van der Waals surface area contributed by atoms with E-state index in [2.05, 4.69) is 10.0 Å². The summed E-state index contributed by atoms with van der Waals surface area (Å²) in [5, 5.41) is 3.36. The number of hydrogen-bond donors (Lipinski definition) is 2. The lowest BCUT2D eigenvalue weighted by Gasteiger charge is -2.31. The van der Waals surface area contributed by atoms with Crippen molar-refractivity contribution in [2.75, 3.05) is 28.9 Å². The van der Waals surface area contributed by atoms with Crippen molar-refractivity contribution in [1.29, 1.82) is 0 Å². The molecule has 0 saturated carbocycles. The zero-order chi connectivity index (χ0) is 28.0. The minimum absolute atomic E-state index is 0.0120. The van der Waals surface area contributed by atoms with Gasteiger partial charge in [0.2, 0.25) is 15.9 Å². The number of carbonyl (C=O) groups excluding carboxylic acids is 1. The molecule has 8 nitrogen and oxygen atoms in total. The van der Waals surface area contributed by atoms with Gasteiger partial charge in [0.1, 0.15) is 0 Å². The molecule has 0 spiro atoms. The van der Waals surface area contributed by atoms with Gasteiger partial charge in [-0.05, 0) is 73.7 Å². The maximum absolute atomic E-state index is 12.9. The summed E-state index contributed by atoms with van der Waals surface area (Å²) >= 11 is 11.9. The highest BCUT2D eigenvalue weighted by Crippen LogP contribution is 2.26. The van der Waals surface area contributed by atoms with Gasteiger partial charge in [-0.25, -0.2) is 21.1 Å². The normalized spacial score (nSPS) is 16.5. The summed E-state index contributed by atoms with van der Waals surface area (Å²) in [6.07, 6.45) is 2.34. The Morgan fingerprint density at radius 1 is 0.897 bits per heavy atom. The van der Waals surface area contributed by atoms with Crippen molar-refractivity contribution in [2.45, 2.75) is 30.6 Å². The van der Waals surface area contributed by atoms with Gasteiger partial charge in [0, 0.05) is 28.8 Å². The molecule has 1 saturated heterocycles. The summed E-state index contributed by atoms with van der Waals surface area (Å²) < 4.78 is 55.2. The summed E-state index contributed by atoms with van der Waals surface area (Å²) in [5.74, 6) is -0.775. The van der Waals surface area contributed by atoms with Crippen LogP contribution >= 0.6 is 23.2 Å². The number of nitrogens with zero attached hydrogens (tertiary/aromatic N) is 1. The van der Waals surface area contributed by atoms with Crippen LogP contribution in [0.2, 0.25) is 10.0 Å². The van der Waals surface area contributed by atoms with E-state index in [1.54, 1.807) is 0 Å². The van der Waals surface area contributed by atoms with Crippen LogP contribution in [-0.2, 0) is 31.3 Å². The predicted octanol–water partition coefficient (Wildman–Crippen LogP) is 5.41. The Morgan fingerprint density at radius 2 is 1.56 bits per heavy atom. The molecule has 1 aliphatic rings. The monoisotopic (exact) mass is 609 g/mol. The molecular weight excluding hydrogens is 581 g/mol. The number of carbonyl (C=O) groups is 1. The summed E-state index contributed by atoms with van der Waals surface area (Å²) in [6, 6.07) is 19.8. The van der Waals surface area contributed by atoms with Crippen molar-refractivity contribution in [3.63, 3.8) is 0 Å². The van der Waals surface area contributed by atoms with Gasteiger partial charge in [-0.15, -0.1) is 0 Å². The highest BCUT2D eigenvalue weighted by atomic mass is 35.5. The van der Waals surface area contributed by atoms with Crippen LogP contribution in [0.15, 0.2) is 77.7 Å². The van der Waals surface area contributed by atoms with Crippen LogP contribution < -0.4 is 10.0 Å². The standard InChI is InChI=1S/C27H29Cl2N3O5S2/c28-22-16-23(29)18-25(17-22)31-39(36,37)26-12-10-24(11-13-26)30-27(33)21-9-4-14-32(19-21)38(34,35)15-5-8-20-6-2-1-3-7-20/h1-3,6-7,10-13,16-18,21,31H,4-5,8-9,14-15,19H2,(H,30,33)/t21-/m0/s1. The Hall–Kier alpha value is -2.63. The fourth-order valence-corrected chi connectivity index (χ4v) is 7.58. The average Bonchev–Trinajstić information content (AvgIpc) is 2.89. The first-order valence-electron chi connectivity index (χ1n) is 12.4. The highest BCUT2D eigenvalue weighted by molar-refractivity contribution is 7.92. The molecule has 2 N–H and O–H groups in total. The summed E-state index contributed by atoms with van der Waals surface area (Å²) in [4.78, 5) is 12.9. The summed E-state index contributed by atoms with van der Waals surface area (Å²) in [5.41, 5.74) is 1.72. The molecule has 0 aliphatic carbocycles. The van der Waals surface area contributed by atoms with E-state index in [9.17, 15) is 21.6 Å². The van der Waals surface area contributed by atoms with Gasteiger partial charge in [0.25, 0.3) is 10.0 Å². The zero-order valence-corrected chi connectivity index (χ0v) is 24.2. The van der Waals surface area contributed by atoms with Crippen molar-refractivity contribution in [3.05, 3.63) is 88.4 Å². The topological polar surface area (TPSA) is 113 Å². The summed E-state index contributed by atoms with van der Waals surface area (Å²) in [7, 11) is -7.40. The Kier molecular flexibility index (Phi) is 9.56. The SMILES string of the molecule is O=C(Nc1ccc(S(=O)(=O)Nc2cc(Cl)cc(Cl)c2)cc1)[C@H]1CCCN(S(=O)(=O)CCCc2ccccc2)C1. The molecular formula is C27H29Cl2N3O5S2. The second-order valence-corrected chi connectivity index (χ2v) is 14.0. The molecule has 1 aliphatic heterocycles. The number of rotatable bonds is 10. The van der Waals surface area contributed by atoms with Gasteiger partial charge in [0.05, 0.1) is 22.3 Å². The van der Waals surface area contributed by atoms with E-state index in [-0.39, 0.29) is 28.8 Å². The Balaban J connectivity index is 1.33. The van der Waals surface area contributed by atoms with Gasteiger partial charge >= 0.3 is 0 Å². The number of anilines is 2. The molecule has 208 valence electrons. The van der Waals surface area contributed by atoms with Crippen molar-refractivity contribution in [2.24, 2.45) is 5.92 Å². The van der Waals surface area contributed by atoms with Gasteiger partial charge in [-0.3, -0.25) is 9.52 Å². The fourth-order valence-electron chi connectivity index (χ4n) is 4.43. The number of nitrogens with one attached hydrogen (secondary N) is 2. The van der Waals surface area contributed by atoms with Crippen LogP contribution in [0.3, 0.4) is 0 Å². The minimum Gasteiger partial charge on any atom is -0.326 e. The molecule has 3 aromatic rings. The summed E-state index contributed by atoms with van der Waals surface area (Å²) in [6.45, 7) is 0.521. The number of aryl methyl sites for hydroxylation is 1. The Morgan fingerprint density at radius 3 is 2.23 bits per heavy atom. The second kappa shape index (κ2) is 12.7. The lowest BCUT2D eigenvalue weighted by atomic mass is 9.99. The largest absolute Gasteiger partial charge is 0.326 e. The van der Waals surface area contributed by atoms with Crippen molar-refractivity contribution in [1.82, 2.24) is 4.31 Å². The van der Waals surface area contributed by atoms with E-state index in [1.165, 1.54) is 46.8 Å². The maximum Gasteiger partial charge on any atom is 0.261 e. The van der Waals surface area contributed by atoms with E-state index >= 15 is 0 Å². The van der Waals surface area contributed by atoms with E-state index in [4.69, 9.17) is 23.2 Å². The predicted molar refractivity (Wildman–Crippen MR) is 155 cm³/mol. The van der Waals surface area contributed by atoms with E-state index in [0.29, 0.717) is 48.0 Å². The Bertz CT molecular complexity index is 1500. The molecule has 39 heavy (non-hydrogen) atoms. The molecule has 0 bridgehead atoms. The quantitative estimate of drug-likeness (QED) is 0.319. The zero-order valence-electron chi connectivity index (χ0n) is 21.0. The van der Waals surface area contributed by atoms with Crippen LogP contribution in [0, 0.1) is 5.92 Å². The van der Waals surface area contributed by atoms with Crippen LogP contribution in [0.5, 0.6) is 0 Å². The lowest BCUT2D eigenvalue weighted by Crippen LogP contribution is -2.44. The number of piperidine rings is 1. The van der Waals surface area contributed by atoms with Crippen molar-refractivity contribution < 1.29 is 21.6 Å².